The first-order valence-corrected chi connectivity index (χ1v) is 8.83. The van der Waals surface area contributed by atoms with E-state index in [-0.39, 0.29) is 11.9 Å². The minimum Gasteiger partial charge on any atom is -0.467 e. The summed E-state index contributed by atoms with van der Waals surface area (Å²) in [4.78, 5) is 26.1. The number of ether oxygens (including phenoxy) is 1. The number of likely N-dealkylation sites (tertiary alicyclic amines) is 1. The van der Waals surface area contributed by atoms with Crippen molar-refractivity contribution in [2.45, 2.75) is 58.2 Å². The van der Waals surface area contributed by atoms with E-state index >= 15 is 0 Å². The molecule has 0 radical (unpaired) electrons. The normalized spacial score (nSPS) is 18.6. The number of alkyl carbamates (subject to hydrolysis) is 1. The number of nitrogens with zero attached hydrogens (tertiary/aromatic N) is 1. The molecule has 2 heterocycles. The third-order valence-electron chi connectivity index (χ3n) is 4.02. The van der Waals surface area contributed by atoms with Crippen molar-refractivity contribution in [3.8, 4) is 0 Å². The lowest BCUT2D eigenvalue weighted by atomic mass is 10.0. The number of furan rings is 1. The number of carbonyl (C=O) groups excluding carboxylic acids is 2. The lowest BCUT2D eigenvalue weighted by Gasteiger charge is -2.35. The van der Waals surface area contributed by atoms with Gasteiger partial charge >= 0.3 is 6.09 Å². The first-order chi connectivity index (χ1) is 11.8. The zero-order valence-electron chi connectivity index (χ0n) is 15.3. The quantitative estimate of drug-likeness (QED) is 0.821. The molecule has 1 aliphatic rings. The summed E-state index contributed by atoms with van der Waals surface area (Å²) in [5.41, 5.74) is -0.512. The maximum Gasteiger partial charge on any atom is 0.407 e. The Balaban J connectivity index is 1.77. The molecule has 1 saturated heterocycles. The van der Waals surface area contributed by atoms with Gasteiger partial charge in [-0.1, -0.05) is 6.42 Å². The molecule has 0 spiro atoms. The van der Waals surface area contributed by atoms with Crippen LogP contribution < -0.4 is 10.6 Å². The predicted octanol–water partition coefficient (Wildman–Crippen LogP) is 2.28. The monoisotopic (exact) mass is 351 g/mol. The molecule has 1 aromatic rings. The van der Waals surface area contributed by atoms with Gasteiger partial charge in [0.05, 0.1) is 19.4 Å². The maximum absolute atomic E-state index is 12.2. The number of hydrogen-bond donors (Lipinski definition) is 2. The van der Waals surface area contributed by atoms with Gasteiger partial charge in [-0.25, -0.2) is 4.79 Å². The van der Waals surface area contributed by atoms with Gasteiger partial charge in [0.25, 0.3) is 0 Å². The van der Waals surface area contributed by atoms with Gasteiger partial charge in [0, 0.05) is 12.6 Å². The summed E-state index contributed by atoms with van der Waals surface area (Å²) < 4.78 is 10.5. The van der Waals surface area contributed by atoms with E-state index in [0.29, 0.717) is 19.6 Å². The van der Waals surface area contributed by atoms with E-state index in [1.807, 2.05) is 26.8 Å². The SMILES string of the molecule is CC(C)(C)OC(=O)NCC1CCCCN1CC(=O)NCc1ccco1. The van der Waals surface area contributed by atoms with E-state index < -0.39 is 11.7 Å². The van der Waals surface area contributed by atoms with Crippen LogP contribution in [0.2, 0.25) is 0 Å². The second kappa shape index (κ2) is 8.89. The molecule has 2 N–H and O–H groups in total. The topological polar surface area (TPSA) is 83.8 Å². The number of hydrogen-bond acceptors (Lipinski definition) is 5. The molecule has 25 heavy (non-hydrogen) atoms. The first-order valence-electron chi connectivity index (χ1n) is 8.83. The number of carbonyl (C=O) groups is 2. The number of rotatable bonds is 6. The van der Waals surface area contributed by atoms with Crippen LogP contribution in [0, 0.1) is 0 Å². The zero-order chi connectivity index (χ0) is 18.3. The molecule has 1 aromatic heterocycles. The molecular formula is C18H29N3O4. The van der Waals surface area contributed by atoms with Crippen molar-refractivity contribution in [1.82, 2.24) is 15.5 Å². The van der Waals surface area contributed by atoms with Gasteiger partial charge in [-0.15, -0.1) is 0 Å². The third kappa shape index (κ3) is 7.17. The second-order valence-corrected chi connectivity index (χ2v) is 7.36. The summed E-state index contributed by atoms with van der Waals surface area (Å²) in [6.45, 7) is 7.56. The van der Waals surface area contributed by atoms with Crippen LogP contribution in [-0.2, 0) is 16.1 Å². The molecule has 7 heteroatoms. The Hall–Kier alpha value is -2.02. The molecule has 1 unspecified atom stereocenters. The molecular weight excluding hydrogens is 322 g/mol. The molecule has 2 amide bonds. The van der Waals surface area contributed by atoms with Gasteiger partial charge in [0.15, 0.2) is 0 Å². The molecule has 2 rings (SSSR count). The molecule has 140 valence electrons. The van der Waals surface area contributed by atoms with Crippen LogP contribution in [0.25, 0.3) is 0 Å². The molecule has 1 atom stereocenters. The maximum atomic E-state index is 12.2. The van der Waals surface area contributed by atoms with Crippen molar-refractivity contribution < 1.29 is 18.7 Å². The van der Waals surface area contributed by atoms with Crippen LogP contribution in [0.4, 0.5) is 4.79 Å². The highest BCUT2D eigenvalue weighted by atomic mass is 16.6. The minimum atomic E-state index is -0.512. The number of nitrogens with one attached hydrogen (secondary N) is 2. The Morgan fingerprint density at radius 2 is 2.12 bits per heavy atom. The van der Waals surface area contributed by atoms with Crippen molar-refractivity contribution in [3.05, 3.63) is 24.2 Å². The van der Waals surface area contributed by atoms with Gasteiger partial charge in [-0.2, -0.15) is 0 Å². The highest BCUT2D eigenvalue weighted by molar-refractivity contribution is 5.78. The fourth-order valence-corrected chi connectivity index (χ4v) is 2.85. The van der Waals surface area contributed by atoms with E-state index in [1.165, 1.54) is 0 Å². The second-order valence-electron chi connectivity index (χ2n) is 7.36. The fraction of sp³-hybridized carbons (Fsp3) is 0.667. The lowest BCUT2D eigenvalue weighted by molar-refractivity contribution is -0.123. The lowest BCUT2D eigenvalue weighted by Crippen LogP contribution is -2.50. The first kappa shape index (κ1) is 19.3. The largest absolute Gasteiger partial charge is 0.467 e. The summed E-state index contributed by atoms with van der Waals surface area (Å²) in [7, 11) is 0. The summed E-state index contributed by atoms with van der Waals surface area (Å²) >= 11 is 0. The highest BCUT2D eigenvalue weighted by Crippen LogP contribution is 2.16. The van der Waals surface area contributed by atoms with Crippen molar-refractivity contribution >= 4 is 12.0 Å². The molecule has 1 fully saturated rings. The van der Waals surface area contributed by atoms with Gasteiger partial charge in [-0.05, 0) is 52.3 Å². The van der Waals surface area contributed by atoms with Crippen LogP contribution >= 0.6 is 0 Å². The van der Waals surface area contributed by atoms with E-state index in [0.717, 1.165) is 31.6 Å². The number of piperidine rings is 1. The van der Waals surface area contributed by atoms with Gasteiger partial charge < -0.3 is 19.8 Å². The average Bonchev–Trinajstić information content (AvgIpc) is 3.04. The fourth-order valence-electron chi connectivity index (χ4n) is 2.85. The molecule has 0 saturated carbocycles. The highest BCUT2D eigenvalue weighted by Gasteiger charge is 2.25. The standard InChI is InChI=1S/C18H29N3O4/c1-18(2,3)25-17(23)20-11-14-7-4-5-9-21(14)13-16(22)19-12-15-8-6-10-24-15/h6,8,10,14H,4-5,7,9,11-13H2,1-3H3,(H,19,22)(H,20,23). The summed E-state index contributed by atoms with van der Waals surface area (Å²) in [5.74, 6) is 0.690. The average molecular weight is 351 g/mol. The molecule has 0 bridgehead atoms. The summed E-state index contributed by atoms with van der Waals surface area (Å²) in [6, 6.07) is 3.77. The van der Waals surface area contributed by atoms with Gasteiger partial charge in [0.1, 0.15) is 11.4 Å². The van der Waals surface area contributed by atoms with Crippen LogP contribution in [0.15, 0.2) is 22.8 Å². The van der Waals surface area contributed by atoms with Crippen LogP contribution in [0.1, 0.15) is 45.8 Å². The molecule has 7 nitrogen and oxygen atoms in total. The van der Waals surface area contributed by atoms with Crippen molar-refractivity contribution in [1.29, 1.82) is 0 Å². The Kier molecular flexibility index (Phi) is 6.87. The Labute approximate surface area is 149 Å². The van der Waals surface area contributed by atoms with E-state index in [2.05, 4.69) is 15.5 Å². The zero-order valence-corrected chi connectivity index (χ0v) is 15.3. The molecule has 0 aliphatic carbocycles. The predicted molar refractivity (Wildman–Crippen MR) is 94.0 cm³/mol. The van der Waals surface area contributed by atoms with Crippen LogP contribution in [-0.4, -0.2) is 48.2 Å². The summed E-state index contributed by atoms with van der Waals surface area (Å²) in [6.07, 6.45) is 4.30. The van der Waals surface area contributed by atoms with E-state index in [1.54, 1.807) is 12.3 Å². The Morgan fingerprint density at radius 1 is 1.32 bits per heavy atom. The smallest absolute Gasteiger partial charge is 0.407 e. The summed E-state index contributed by atoms with van der Waals surface area (Å²) in [5, 5.41) is 5.68. The van der Waals surface area contributed by atoms with Crippen LogP contribution in [0.5, 0.6) is 0 Å². The molecule has 0 aromatic carbocycles. The third-order valence-corrected chi connectivity index (χ3v) is 4.02. The van der Waals surface area contributed by atoms with Crippen molar-refractivity contribution in [2.24, 2.45) is 0 Å². The Morgan fingerprint density at radius 3 is 2.80 bits per heavy atom. The Bertz CT molecular complexity index is 551. The van der Waals surface area contributed by atoms with Crippen molar-refractivity contribution in [3.63, 3.8) is 0 Å². The van der Waals surface area contributed by atoms with E-state index in [9.17, 15) is 9.59 Å². The minimum absolute atomic E-state index is 0.0411. The number of amides is 2. The van der Waals surface area contributed by atoms with E-state index in [4.69, 9.17) is 9.15 Å². The van der Waals surface area contributed by atoms with Crippen LogP contribution in [0.3, 0.4) is 0 Å². The van der Waals surface area contributed by atoms with Gasteiger partial charge in [-0.3, -0.25) is 9.69 Å². The van der Waals surface area contributed by atoms with Gasteiger partial charge in [0.2, 0.25) is 5.91 Å². The molecule has 1 aliphatic heterocycles. The van der Waals surface area contributed by atoms with Crippen molar-refractivity contribution in [2.75, 3.05) is 19.6 Å².